The Morgan fingerprint density at radius 1 is 1.10 bits per heavy atom. The van der Waals surface area contributed by atoms with Gasteiger partial charge < -0.3 is 10.1 Å². The van der Waals surface area contributed by atoms with E-state index < -0.39 is 30.2 Å². The van der Waals surface area contributed by atoms with Crippen LogP contribution in [0.1, 0.15) is 81.1 Å². The van der Waals surface area contributed by atoms with E-state index in [1.807, 2.05) is 12.1 Å². The number of ether oxygens (including phenoxy) is 1. The van der Waals surface area contributed by atoms with Gasteiger partial charge in [-0.1, -0.05) is 63.3 Å². The molecule has 3 amide bonds. The second-order valence-corrected chi connectivity index (χ2v) is 8.61. The van der Waals surface area contributed by atoms with Gasteiger partial charge in [0.2, 0.25) is 5.78 Å². The highest BCUT2D eigenvalue weighted by atomic mass is 16.5. The van der Waals surface area contributed by atoms with E-state index in [4.69, 9.17) is 4.74 Å². The van der Waals surface area contributed by atoms with Crippen molar-refractivity contribution >= 4 is 23.7 Å². The average Bonchev–Trinajstić information content (AvgIpc) is 3.31. The lowest BCUT2D eigenvalue weighted by atomic mass is 9.98. The molecule has 1 saturated carbocycles. The zero-order valence-corrected chi connectivity index (χ0v) is 18.4. The van der Waals surface area contributed by atoms with Gasteiger partial charge in [-0.15, -0.1) is 0 Å². The molecule has 1 N–H and O–H groups in total. The summed E-state index contributed by atoms with van der Waals surface area (Å²) in [5, 5.41) is 2.73. The number of ketones is 1. The van der Waals surface area contributed by atoms with Crippen molar-refractivity contribution in [1.82, 2.24) is 10.2 Å². The van der Waals surface area contributed by atoms with Gasteiger partial charge in [-0.2, -0.15) is 0 Å². The van der Waals surface area contributed by atoms with Gasteiger partial charge >= 0.3 is 12.0 Å². The highest BCUT2D eigenvalue weighted by Crippen LogP contribution is 2.34. The number of nitrogens with zero attached hydrogens (tertiary/aromatic N) is 1. The number of urea groups is 1. The maximum Gasteiger partial charge on any atom is 0.326 e. The van der Waals surface area contributed by atoms with E-state index in [-0.39, 0.29) is 11.7 Å². The molecule has 1 saturated heterocycles. The van der Waals surface area contributed by atoms with Gasteiger partial charge in [-0.25, -0.2) is 4.79 Å². The first-order chi connectivity index (χ1) is 14.9. The fourth-order valence-corrected chi connectivity index (χ4v) is 4.38. The zero-order valence-electron chi connectivity index (χ0n) is 18.4. The summed E-state index contributed by atoms with van der Waals surface area (Å²) in [6, 6.07) is 6.80. The minimum atomic E-state index is -0.996. The lowest BCUT2D eigenvalue weighted by molar-refractivity contribution is -0.149. The van der Waals surface area contributed by atoms with Gasteiger partial charge in [0.15, 0.2) is 6.10 Å². The Labute approximate surface area is 183 Å². The fourth-order valence-electron chi connectivity index (χ4n) is 4.38. The maximum atomic E-state index is 12.6. The molecule has 2 fully saturated rings. The number of hydrogen-bond acceptors (Lipinski definition) is 5. The number of hydrogen-bond donors (Lipinski definition) is 1. The summed E-state index contributed by atoms with van der Waals surface area (Å²) in [7, 11) is 0. The summed E-state index contributed by atoms with van der Waals surface area (Å²) in [5.41, 5.74) is 0.783. The van der Waals surface area contributed by atoms with Crippen molar-refractivity contribution < 1.29 is 23.9 Å². The molecule has 0 bridgehead atoms. The van der Waals surface area contributed by atoms with Crippen LogP contribution in [0.25, 0.3) is 0 Å². The molecule has 1 aromatic rings. The van der Waals surface area contributed by atoms with Crippen molar-refractivity contribution in [1.29, 1.82) is 0 Å². The van der Waals surface area contributed by atoms with E-state index in [0.717, 1.165) is 30.6 Å². The van der Waals surface area contributed by atoms with E-state index in [9.17, 15) is 19.2 Å². The molecule has 1 aromatic carbocycles. The smallest absolute Gasteiger partial charge is 0.326 e. The van der Waals surface area contributed by atoms with Crippen LogP contribution in [0.4, 0.5) is 4.79 Å². The summed E-state index contributed by atoms with van der Waals surface area (Å²) < 4.78 is 5.24. The number of esters is 1. The third-order valence-corrected chi connectivity index (χ3v) is 6.23. The van der Waals surface area contributed by atoms with Crippen LogP contribution in [0, 0.1) is 0 Å². The Kier molecular flexibility index (Phi) is 7.46. The van der Waals surface area contributed by atoms with Crippen molar-refractivity contribution in [3.05, 3.63) is 35.4 Å². The van der Waals surface area contributed by atoms with Gasteiger partial charge in [-0.05, 0) is 38.2 Å². The zero-order chi connectivity index (χ0) is 22.4. The quantitative estimate of drug-likeness (QED) is 0.265. The summed E-state index contributed by atoms with van der Waals surface area (Å²) in [4.78, 5) is 50.7. The molecule has 7 nitrogen and oxygen atoms in total. The highest BCUT2D eigenvalue weighted by molar-refractivity contribution is 6.09. The number of rotatable bonds is 10. The number of amides is 3. The number of imide groups is 1. The molecule has 2 aliphatic rings. The van der Waals surface area contributed by atoms with E-state index in [1.54, 1.807) is 12.1 Å². The molecule has 1 aliphatic heterocycles. The predicted octanol–water partition coefficient (Wildman–Crippen LogP) is 3.79. The SMILES string of the molecule is CCCCCCc1ccc(C(=O)[C@@H](C)OC(=O)CN2C(=O)NC3(CCCC3)C2=O)cc1. The van der Waals surface area contributed by atoms with Crippen molar-refractivity contribution in [2.45, 2.75) is 83.3 Å². The highest BCUT2D eigenvalue weighted by Gasteiger charge is 2.52. The van der Waals surface area contributed by atoms with Gasteiger partial charge in [0.25, 0.3) is 5.91 Å². The van der Waals surface area contributed by atoms with Crippen LogP contribution in [-0.4, -0.2) is 46.8 Å². The van der Waals surface area contributed by atoms with Gasteiger partial charge in [0.05, 0.1) is 0 Å². The van der Waals surface area contributed by atoms with Crippen LogP contribution in [-0.2, 0) is 20.7 Å². The second kappa shape index (κ2) is 10.1. The van der Waals surface area contributed by atoms with E-state index in [0.29, 0.717) is 18.4 Å². The molecule has 0 aromatic heterocycles. The number of nitrogens with one attached hydrogen (secondary N) is 1. The normalized spacial score (nSPS) is 18.3. The van der Waals surface area contributed by atoms with Crippen LogP contribution < -0.4 is 5.32 Å². The predicted molar refractivity (Wildman–Crippen MR) is 116 cm³/mol. The van der Waals surface area contributed by atoms with Crippen molar-refractivity contribution in [3.8, 4) is 0 Å². The monoisotopic (exact) mass is 428 g/mol. The minimum Gasteiger partial charge on any atom is -0.453 e. The number of aryl methyl sites for hydroxylation is 1. The summed E-state index contributed by atoms with van der Waals surface area (Å²) in [6.45, 7) is 3.20. The Hall–Kier alpha value is -2.70. The fraction of sp³-hybridized carbons (Fsp3) is 0.583. The van der Waals surface area contributed by atoms with E-state index >= 15 is 0 Å². The van der Waals surface area contributed by atoms with E-state index in [2.05, 4.69) is 12.2 Å². The molecule has 0 unspecified atom stereocenters. The van der Waals surface area contributed by atoms with Crippen LogP contribution in [0.2, 0.25) is 0 Å². The molecule has 3 rings (SSSR count). The first-order valence-electron chi connectivity index (χ1n) is 11.3. The number of benzene rings is 1. The number of unbranched alkanes of at least 4 members (excludes halogenated alkanes) is 3. The van der Waals surface area contributed by atoms with Crippen LogP contribution >= 0.6 is 0 Å². The minimum absolute atomic E-state index is 0.310. The molecular formula is C24H32N2O5. The van der Waals surface area contributed by atoms with Gasteiger partial charge in [0, 0.05) is 5.56 Å². The molecule has 1 spiro atoms. The molecule has 31 heavy (non-hydrogen) atoms. The largest absolute Gasteiger partial charge is 0.453 e. The lowest BCUT2D eigenvalue weighted by Crippen LogP contribution is -2.44. The summed E-state index contributed by atoms with van der Waals surface area (Å²) in [6.07, 6.45) is 7.64. The molecule has 0 radical (unpaired) electrons. The third-order valence-electron chi connectivity index (χ3n) is 6.23. The maximum absolute atomic E-state index is 12.6. The van der Waals surface area contributed by atoms with Crippen molar-refractivity contribution in [2.75, 3.05) is 6.54 Å². The Morgan fingerprint density at radius 2 is 1.77 bits per heavy atom. The molecule has 1 aliphatic carbocycles. The molecule has 1 atom stereocenters. The first-order valence-corrected chi connectivity index (χ1v) is 11.3. The van der Waals surface area contributed by atoms with Crippen LogP contribution in [0.3, 0.4) is 0 Å². The summed E-state index contributed by atoms with van der Waals surface area (Å²) in [5.74, 6) is -1.46. The topological polar surface area (TPSA) is 92.8 Å². The molecular weight excluding hydrogens is 396 g/mol. The Bertz CT molecular complexity index is 827. The molecule has 168 valence electrons. The van der Waals surface area contributed by atoms with Crippen molar-refractivity contribution in [2.24, 2.45) is 0 Å². The first kappa shape index (κ1) is 23.0. The van der Waals surface area contributed by atoms with Crippen LogP contribution in [0.15, 0.2) is 24.3 Å². The van der Waals surface area contributed by atoms with Crippen molar-refractivity contribution in [3.63, 3.8) is 0 Å². The Morgan fingerprint density at radius 3 is 2.42 bits per heavy atom. The third kappa shape index (κ3) is 5.32. The lowest BCUT2D eigenvalue weighted by Gasteiger charge is -2.20. The number of carbonyl (C=O) groups is 4. The average molecular weight is 429 g/mol. The van der Waals surface area contributed by atoms with Gasteiger partial charge in [-0.3, -0.25) is 19.3 Å². The molecule has 1 heterocycles. The summed E-state index contributed by atoms with van der Waals surface area (Å²) >= 11 is 0. The Balaban J connectivity index is 1.50. The van der Waals surface area contributed by atoms with E-state index in [1.165, 1.54) is 31.7 Å². The molecule has 7 heteroatoms. The standard InChI is InChI=1S/C24H32N2O5/c1-3-4-5-6-9-18-10-12-19(13-11-18)21(28)17(2)31-20(27)16-26-22(29)24(25-23(26)30)14-7-8-15-24/h10-13,17H,3-9,14-16H2,1-2H3,(H,25,30)/t17-/m1/s1. The van der Waals surface area contributed by atoms with Gasteiger partial charge in [0.1, 0.15) is 12.1 Å². The number of carbonyl (C=O) groups excluding carboxylic acids is 4. The second-order valence-electron chi connectivity index (χ2n) is 8.61. The van der Waals surface area contributed by atoms with Crippen LogP contribution in [0.5, 0.6) is 0 Å². The number of Topliss-reactive ketones (excluding diaryl/α,β-unsaturated/α-hetero) is 1.